The molecule has 5 heteroatoms. The minimum atomic E-state index is -0.0443. The summed E-state index contributed by atoms with van der Waals surface area (Å²) in [6, 6.07) is 15.8. The largest absolute Gasteiger partial charge is 0.345 e. The third-order valence-corrected chi connectivity index (χ3v) is 5.74. The average molecular weight is 369 g/mol. The lowest BCUT2D eigenvalue weighted by Gasteiger charge is -2.17. The molecule has 0 aliphatic carbocycles. The number of carbonyl (C=O) groups excluding carboxylic acids is 1. The van der Waals surface area contributed by atoms with E-state index in [9.17, 15) is 4.79 Å². The van der Waals surface area contributed by atoms with Crippen molar-refractivity contribution in [3.63, 3.8) is 0 Å². The van der Waals surface area contributed by atoms with Crippen LogP contribution in [0.4, 0.5) is 0 Å². The van der Waals surface area contributed by atoms with Gasteiger partial charge in [0.2, 0.25) is 0 Å². The van der Waals surface area contributed by atoms with Gasteiger partial charge in [0, 0.05) is 16.0 Å². The predicted molar refractivity (Wildman–Crippen MR) is 105 cm³/mol. The molecule has 0 unspecified atom stereocenters. The van der Waals surface area contributed by atoms with Crippen molar-refractivity contribution in [3.05, 3.63) is 81.8 Å². The maximum Gasteiger partial charge on any atom is 0.252 e. The van der Waals surface area contributed by atoms with E-state index in [1.54, 1.807) is 23.1 Å². The summed E-state index contributed by atoms with van der Waals surface area (Å²) in [4.78, 5) is 18.1. The van der Waals surface area contributed by atoms with Gasteiger partial charge in [0.05, 0.1) is 22.8 Å². The van der Waals surface area contributed by atoms with Gasteiger partial charge in [0.1, 0.15) is 0 Å². The van der Waals surface area contributed by atoms with Crippen molar-refractivity contribution in [3.8, 4) is 0 Å². The highest BCUT2D eigenvalue weighted by Gasteiger charge is 2.16. The fourth-order valence-electron chi connectivity index (χ4n) is 2.67. The molecule has 0 aliphatic rings. The average Bonchev–Trinajstić information content (AvgIpc) is 3.14. The Morgan fingerprint density at radius 1 is 1.20 bits per heavy atom. The van der Waals surface area contributed by atoms with E-state index in [1.165, 1.54) is 5.56 Å². The number of thiazole rings is 1. The number of benzene rings is 2. The minimum Gasteiger partial charge on any atom is -0.345 e. The molecule has 128 valence electrons. The predicted octanol–water partition coefficient (Wildman–Crippen LogP) is 5.23. The Balaban J connectivity index is 1.72. The van der Waals surface area contributed by atoms with Crippen LogP contribution < -0.4 is 5.32 Å². The number of hydrogen-bond acceptors (Lipinski definition) is 4. The molecule has 0 aliphatic heterocycles. The highest BCUT2D eigenvalue weighted by atomic mass is 32.2. The number of carbonyl (C=O) groups is 1. The third kappa shape index (κ3) is 4.50. The Hall–Kier alpha value is -2.11. The smallest absolute Gasteiger partial charge is 0.252 e. The molecule has 0 bridgehead atoms. The summed E-state index contributed by atoms with van der Waals surface area (Å²) in [6.45, 7) is 4.08. The minimum absolute atomic E-state index is 0.0368. The molecule has 2 aromatic carbocycles. The Morgan fingerprint density at radius 2 is 1.96 bits per heavy atom. The van der Waals surface area contributed by atoms with Gasteiger partial charge in [-0.05, 0) is 37.1 Å². The summed E-state index contributed by atoms with van der Waals surface area (Å²) in [5, 5.41) is 5.16. The fraction of sp³-hybridized carbons (Fsp3) is 0.200. The van der Waals surface area contributed by atoms with Gasteiger partial charge in [-0.25, -0.2) is 4.98 Å². The quantitative estimate of drug-likeness (QED) is 0.605. The maximum absolute atomic E-state index is 12.8. The fourth-order valence-corrected chi connectivity index (χ4v) is 4.28. The molecule has 3 nitrogen and oxygen atoms in total. The van der Waals surface area contributed by atoms with Crippen molar-refractivity contribution in [2.45, 2.75) is 30.5 Å². The first kappa shape index (κ1) is 17.7. The van der Waals surface area contributed by atoms with E-state index in [1.807, 2.05) is 54.2 Å². The third-order valence-electron chi connectivity index (χ3n) is 3.99. The molecule has 0 saturated carbocycles. The van der Waals surface area contributed by atoms with Crippen LogP contribution in [-0.4, -0.2) is 10.9 Å². The van der Waals surface area contributed by atoms with Gasteiger partial charge < -0.3 is 5.32 Å². The first-order valence-corrected chi connectivity index (χ1v) is 10.0. The SMILES string of the molecule is Cc1ccccc1[C@H](C)NC(=O)c1ccccc1SCc1cscn1. The Morgan fingerprint density at radius 3 is 2.72 bits per heavy atom. The van der Waals surface area contributed by atoms with Crippen LogP contribution in [0.15, 0.2) is 64.3 Å². The lowest BCUT2D eigenvalue weighted by Crippen LogP contribution is -2.27. The molecule has 0 saturated heterocycles. The van der Waals surface area contributed by atoms with Gasteiger partial charge in [-0.3, -0.25) is 4.79 Å². The van der Waals surface area contributed by atoms with Crippen molar-refractivity contribution < 1.29 is 4.79 Å². The van der Waals surface area contributed by atoms with E-state index in [2.05, 4.69) is 29.4 Å². The number of nitrogens with one attached hydrogen (secondary N) is 1. The summed E-state index contributed by atoms with van der Waals surface area (Å²) >= 11 is 3.23. The van der Waals surface area contributed by atoms with Crippen molar-refractivity contribution in [2.24, 2.45) is 0 Å². The van der Waals surface area contributed by atoms with E-state index < -0.39 is 0 Å². The highest BCUT2D eigenvalue weighted by Crippen LogP contribution is 2.27. The lowest BCUT2D eigenvalue weighted by molar-refractivity contribution is 0.0937. The zero-order valence-electron chi connectivity index (χ0n) is 14.2. The van der Waals surface area contributed by atoms with Crippen LogP contribution in [0.2, 0.25) is 0 Å². The molecule has 1 N–H and O–H groups in total. The first-order valence-electron chi connectivity index (χ1n) is 8.10. The second-order valence-corrected chi connectivity index (χ2v) is 7.55. The van der Waals surface area contributed by atoms with Crippen molar-refractivity contribution in [1.82, 2.24) is 10.3 Å². The van der Waals surface area contributed by atoms with E-state index in [0.29, 0.717) is 5.56 Å². The second-order valence-electron chi connectivity index (χ2n) is 5.82. The maximum atomic E-state index is 12.8. The van der Waals surface area contributed by atoms with E-state index in [-0.39, 0.29) is 11.9 Å². The lowest BCUT2D eigenvalue weighted by atomic mass is 10.0. The molecule has 3 aromatic rings. The van der Waals surface area contributed by atoms with Gasteiger partial charge in [0.15, 0.2) is 0 Å². The Labute approximate surface area is 156 Å². The molecular formula is C20H20N2OS2. The van der Waals surface area contributed by atoms with Gasteiger partial charge in [-0.2, -0.15) is 0 Å². The van der Waals surface area contributed by atoms with Crippen molar-refractivity contribution >= 4 is 29.0 Å². The molecule has 1 aromatic heterocycles. The number of hydrogen-bond donors (Lipinski definition) is 1. The summed E-state index contributed by atoms with van der Waals surface area (Å²) in [6.07, 6.45) is 0. The Bertz CT molecular complexity index is 846. The van der Waals surface area contributed by atoms with Crippen LogP contribution in [0.1, 0.15) is 40.1 Å². The summed E-state index contributed by atoms with van der Waals surface area (Å²) in [5.41, 5.74) is 5.91. The molecule has 1 atom stereocenters. The van der Waals surface area contributed by atoms with Crippen LogP contribution in [0.25, 0.3) is 0 Å². The number of rotatable bonds is 6. The second kappa shape index (κ2) is 8.32. The number of aromatic nitrogens is 1. The molecule has 0 spiro atoms. The topological polar surface area (TPSA) is 42.0 Å². The van der Waals surface area contributed by atoms with Crippen LogP contribution in [0.5, 0.6) is 0 Å². The standard InChI is InChI=1S/C20H20N2OS2/c1-14-7-3-4-8-17(14)15(2)22-20(23)18-9-5-6-10-19(18)25-12-16-11-24-13-21-16/h3-11,13,15H,12H2,1-2H3,(H,22,23)/t15-/m0/s1. The van der Waals surface area contributed by atoms with Crippen molar-refractivity contribution in [2.75, 3.05) is 0 Å². The monoisotopic (exact) mass is 368 g/mol. The van der Waals surface area contributed by atoms with Crippen LogP contribution in [-0.2, 0) is 5.75 Å². The highest BCUT2D eigenvalue weighted by molar-refractivity contribution is 7.98. The number of thioether (sulfide) groups is 1. The van der Waals surface area contributed by atoms with E-state index >= 15 is 0 Å². The number of nitrogens with zero attached hydrogens (tertiary/aromatic N) is 1. The summed E-state index contributed by atoms with van der Waals surface area (Å²) in [5.74, 6) is 0.721. The van der Waals surface area contributed by atoms with E-state index in [4.69, 9.17) is 0 Å². The molecule has 1 amide bonds. The Kier molecular flexibility index (Phi) is 5.89. The first-order chi connectivity index (χ1) is 12.1. The van der Waals surface area contributed by atoms with Crippen molar-refractivity contribution in [1.29, 1.82) is 0 Å². The van der Waals surface area contributed by atoms with Gasteiger partial charge in [-0.1, -0.05) is 36.4 Å². The number of aryl methyl sites for hydroxylation is 1. The van der Waals surface area contributed by atoms with Crippen LogP contribution >= 0.6 is 23.1 Å². The molecule has 1 heterocycles. The molecular weight excluding hydrogens is 348 g/mol. The van der Waals surface area contributed by atoms with Crippen LogP contribution in [0, 0.1) is 6.92 Å². The van der Waals surface area contributed by atoms with Gasteiger partial charge >= 0.3 is 0 Å². The van der Waals surface area contributed by atoms with Crippen LogP contribution in [0.3, 0.4) is 0 Å². The van der Waals surface area contributed by atoms with E-state index in [0.717, 1.165) is 21.9 Å². The molecule has 0 radical (unpaired) electrons. The zero-order valence-corrected chi connectivity index (χ0v) is 15.9. The summed E-state index contributed by atoms with van der Waals surface area (Å²) < 4.78 is 0. The zero-order chi connectivity index (χ0) is 17.6. The molecule has 3 rings (SSSR count). The molecule has 25 heavy (non-hydrogen) atoms. The van der Waals surface area contributed by atoms with Gasteiger partial charge in [-0.15, -0.1) is 23.1 Å². The van der Waals surface area contributed by atoms with Gasteiger partial charge in [0.25, 0.3) is 5.91 Å². The number of amides is 1. The molecule has 0 fully saturated rings. The summed E-state index contributed by atoms with van der Waals surface area (Å²) in [7, 11) is 0. The normalized spacial score (nSPS) is 11.9.